The molecule has 1 atom stereocenters. The van der Waals surface area contributed by atoms with Crippen LogP contribution in [0, 0.1) is 11.3 Å². The lowest BCUT2D eigenvalue weighted by atomic mass is 10.1. The Bertz CT molecular complexity index is 1290. The number of hydrogen-bond acceptors (Lipinski definition) is 5. The third-order valence-electron chi connectivity index (χ3n) is 5.18. The monoisotopic (exact) mass is 489 g/mol. The van der Waals surface area contributed by atoms with Crippen LogP contribution in [0.1, 0.15) is 5.56 Å². The maximum Gasteiger partial charge on any atom is 0.269 e. The first-order valence-corrected chi connectivity index (χ1v) is 11.7. The van der Waals surface area contributed by atoms with Crippen LogP contribution >= 0.6 is 23.4 Å². The van der Waals surface area contributed by atoms with E-state index >= 15 is 0 Å². The van der Waals surface area contributed by atoms with Crippen LogP contribution < -0.4 is 15.0 Å². The summed E-state index contributed by atoms with van der Waals surface area (Å²) in [6.45, 7) is 0. The van der Waals surface area contributed by atoms with Gasteiger partial charge in [-0.05, 0) is 54.4 Å². The van der Waals surface area contributed by atoms with Gasteiger partial charge in [0, 0.05) is 16.4 Å². The Labute approximate surface area is 206 Å². The summed E-state index contributed by atoms with van der Waals surface area (Å²) in [7, 11) is 1.60. The van der Waals surface area contributed by atoms with Gasteiger partial charge in [-0.1, -0.05) is 59.8 Å². The number of halogens is 1. The third kappa shape index (κ3) is 5.09. The molecule has 1 heterocycles. The van der Waals surface area contributed by atoms with Gasteiger partial charge in [0.1, 0.15) is 22.4 Å². The van der Waals surface area contributed by atoms with Crippen LogP contribution in [0.15, 0.2) is 89.5 Å². The van der Waals surface area contributed by atoms with Gasteiger partial charge in [-0.15, -0.1) is 0 Å². The molecule has 0 spiro atoms. The Morgan fingerprint density at radius 3 is 2.50 bits per heavy atom. The van der Waals surface area contributed by atoms with Gasteiger partial charge in [0.15, 0.2) is 0 Å². The quantitative estimate of drug-likeness (QED) is 0.369. The predicted molar refractivity (Wildman–Crippen MR) is 135 cm³/mol. The molecule has 8 heteroatoms. The molecule has 6 nitrogen and oxygen atoms in total. The highest BCUT2D eigenvalue weighted by atomic mass is 35.5. The summed E-state index contributed by atoms with van der Waals surface area (Å²) in [6.07, 6.45) is 0.439. The first-order chi connectivity index (χ1) is 16.5. The zero-order valence-corrected chi connectivity index (χ0v) is 19.8. The number of nitrogens with zero attached hydrogens (tertiary/aromatic N) is 2. The molecule has 0 bridgehead atoms. The van der Waals surface area contributed by atoms with E-state index in [-0.39, 0.29) is 11.5 Å². The number of carbonyl (C=O) groups is 2. The number of thioether (sulfide) groups is 1. The standard InChI is InChI=1S/C26H20ClN3O3S/c1-33-21-12-10-17(11-13-21)14-23-25(32)30(20-8-3-2-4-9-20)26(34-23)22(16-28)24(31)29-19-7-5-6-18(27)15-19/h2-13,15,23H,14H2,1H3,(H,29,31)/b26-22-. The van der Waals surface area contributed by atoms with E-state index in [2.05, 4.69) is 5.32 Å². The van der Waals surface area contributed by atoms with Gasteiger partial charge < -0.3 is 10.1 Å². The van der Waals surface area contributed by atoms with Crippen LogP contribution in [0.5, 0.6) is 5.75 Å². The first kappa shape index (κ1) is 23.4. The fraction of sp³-hybridized carbons (Fsp3) is 0.115. The Hall–Kier alpha value is -3.73. The molecule has 34 heavy (non-hydrogen) atoms. The van der Waals surface area contributed by atoms with Crippen molar-refractivity contribution in [3.63, 3.8) is 0 Å². The number of nitrogens with one attached hydrogen (secondary N) is 1. The van der Waals surface area contributed by atoms with Crippen molar-refractivity contribution in [2.45, 2.75) is 11.7 Å². The molecule has 1 saturated heterocycles. The van der Waals surface area contributed by atoms with Crippen molar-refractivity contribution < 1.29 is 14.3 Å². The fourth-order valence-corrected chi connectivity index (χ4v) is 5.03. The fourth-order valence-electron chi connectivity index (χ4n) is 3.53. The number of carbonyl (C=O) groups excluding carboxylic acids is 2. The van der Waals surface area contributed by atoms with E-state index in [1.807, 2.05) is 36.4 Å². The van der Waals surface area contributed by atoms with Crippen LogP contribution in [0.2, 0.25) is 5.02 Å². The lowest BCUT2D eigenvalue weighted by Gasteiger charge is -2.18. The second kappa shape index (κ2) is 10.5. The number of ether oxygens (including phenoxy) is 1. The Morgan fingerprint density at radius 1 is 1.12 bits per heavy atom. The minimum Gasteiger partial charge on any atom is -0.497 e. The number of methoxy groups -OCH3 is 1. The molecule has 0 radical (unpaired) electrons. The summed E-state index contributed by atoms with van der Waals surface area (Å²) in [5, 5.41) is 12.9. The SMILES string of the molecule is COc1ccc(CC2S/C(=C(/C#N)C(=O)Nc3cccc(Cl)c3)N(c3ccccc3)C2=O)cc1. The van der Waals surface area contributed by atoms with Crippen molar-refractivity contribution in [3.05, 3.63) is 100 Å². The maximum absolute atomic E-state index is 13.5. The largest absolute Gasteiger partial charge is 0.497 e. The zero-order valence-electron chi connectivity index (χ0n) is 18.2. The predicted octanol–water partition coefficient (Wildman–Crippen LogP) is 5.41. The maximum atomic E-state index is 13.5. The molecule has 3 aromatic rings. The van der Waals surface area contributed by atoms with Gasteiger partial charge in [0.05, 0.1) is 12.4 Å². The second-order valence-corrected chi connectivity index (χ2v) is 9.05. The molecule has 1 N–H and O–H groups in total. The third-order valence-corrected chi connectivity index (χ3v) is 6.68. The van der Waals surface area contributed by atoms with Crippen molar-refractivity contribution >= 4 is 46.6 Å². The number of para-hydroxylation sites is 1. The van der Waals surface area contributed by atoms with Crippen LogP contribution in [-0.4, -0.2) is 24.2 Å². The van der Waals surface area contributed by atoms with Crippen LogP contribution in [0.25, 0.3) is 0 Å². The van der Waals surface area contributed by atoms with Gasteiger partial charge >= 0.3 is 0 Å². The Balaban J connectivity index is 1.69. The number of amides is 2. The lowest BCUT2D eigenvalue weighted by Crippen LogP contribution is -2.30. The molecule has 1 fully saturated rings. The highest BCUT2D eigenvalue weighted by molar-refractivity contribution is 8.05. The molecule has 2 amide bonds. The van der Waals surface area contributed by atoms with Crippen LogP contribution in [0.3, 0.4) is 0 Å². The highest BCUT2D eigenvalue weighted by Gasteiger charge is 2.40. The minimum absolute atomic E-state index is 0.139. The first-order valence-electron chi connectivity index (χ1n) is 10.4. The van der Waals surface area contributed by atoms with Gasteiger partial charge in [0.2, 0.25) is 5.91 Å². The molecule has 1 unspecified atom stereocenters. The number of nitriles is 1. The average Bonchev–Trinajstić information content (AvgIpc) is 3.16. The molecular weight excluding hydrogens is 470 g/mol. The van der Waals surface area contributed by atoms with Crippen molar-refractivity contribution in [3.8, 4) is 11.8 Å². The van der Waals surface area contributed by atoms with Crippen molar-refractivity contribution in [1.29, 1.82) is 5.26 Å². The molecule has 3 aromatic carbocycles. The summed E-state index contributed by atoms with van der Waals surface area (Å²) in [5.74, 6) is -0.0680. The van der Waals surface area contributed by atoms with E-state index in [0.717, 1.165) is 11.3 Å². The van der Waals surface area contributed by atoms with E-state index in [4.69, 9.17) is 16.3 Å². The van der Waals surface area contributed by atoms with Gasteiger partial charge in [0.25, 0.3) is 5.91 Å². The van der Waals surface area contributed by atoms with E-state index in [1.165, 1.54) is 16.7 Å². The summed E-state index contributed by atoms with van der Waals surface area (Å²) in [4.78, 5) is 28.0. The lowest BCUT2D eigenvalue weighted by molar-refractivity contribution is -0.117. The van der Waals surface area contributed by atoms with Crippen molar-refractivity contribution in [1.82, 2.24) is 0 Å². The summed E-state index contributed by atoms with van der Waals surface area (Å²) >= 11 is 7.23. The smallest absolute Gasteiger partial charge is 0.269 e. The Morgan fingerprint density at radius 2 is 1.85 bits per heavy atom. The zero-order chi connectivity index (χ0) is 24.1. The second-order valence-electron chi connectivity index (χ2n) is 7.42. The van der Waals surface area contributed by atoms with Crippen LogP contribution in [-0.2, 0) is 16.0 Å². The van der Waals surface area contributed by atoms with Gasteiger partial charge in [-0.3, -0.25) is 14.5 Å². The van der Waals surface area contributed by atoms with Gasteiger partial charge in [-0.2, -0.15) is 5.26 Å². The molecule has 0 aliphatic carbocycles. The molecule has 0 aromatic heterocycles. The number of hydrogen-bond donors (Lipinski definition) is 1. The highest BCUT2D eigenvalue weighted by Crippen LogP contribution is 2.42. The Kier molecular flexibility index (Phi) is 7.21. The van der Waals surface area contributed by atoms with Gasteiger partial charge in [-0.25, -0.2) is 0 Å². The van der Waals surface area contributed by atoms with E-state index in [0.29, 0.717) is 27.8 Å². The average molecular weight is 490 g/mol. The summed E-state index contributed by atoms with van der Waals surface area (Å²) < 4.78 is 5.20. The molecule has 0 saturated carbocycles. The summed E-state index contributed by atoms with van der Waals surface area (Å²) in [6, 6.07) is 25.1. The van der Waals surface area contributed by atoms with E-state index in [1.54, 1.807) is 55.6 Å². The van der Waals surface area contributed by atoms with Crippen molar-refractivity contribution in [2.24, 2.45) is 0 Å². The van der Waals surface area contributed by atoms with E-state index in [9.17, 15) is 14.9 Å². The number of benzene rings is 3. The molecular formula is C26H20ClN3O3S. The normalized spacial score (nSPS) is 16.7. The number of anilines is 2. The van der Waals surface area contributed by atoms with Crippen LogP contribution in [0.4, 0.5) is 11.4 Å². The van der Waals surface area contributed by atoms with Crippen molar-refractivity contribution in [2.75, 3.05) is 17.3 Å². The molecule has 1 aliphatic rings. The minimum atomic E-state index is -0.605. The molecule has 1 aliphatic heterocycles. The summed E-state index contributed by atoms with van der Waals surface area (Å²) in [5.41, 5.74) is 1.86. The van der Waals surface area contributed by atoms with E-state index < -0.39 is 11.2 Å². The number of rotatable bonds is 6. The topological polar surface area (TPSA) is 82.4 Å². The molecule has 4 rings (SSSR count). The molecule has 170 valence electrons.